The van der Waals surface area contributed by atoms with Gasteiger partial charge in [0.25, 0.3) is 5.91 Å². The Balaban J connectivity index is 1.09. The lowest BCUT2D eigenvalue weighted by molar-refractivity contribution is -0.150. The van der Waals surface area contributed by atoms with E-state index in [1.54, 1.807) is 16.0 Å². The number of fused-ring (bicyclic) bond motifs is 3. The highest BCUT2D eigenvalue weighted by Crippen LogP contribution is 2.61. The van der Waals surface area contributed by atoms with Crippen LogP contribution in [0.2, 0.25) is 0 Å². The number of thiophene rings is 1. The van der Waals surface area contributed by atoms with Gasteiger partial charge in [0, 0.05) is 47.7 Å². The van der Waals surface area contributed by atoms with E-state index in [0.29, 0.717) is 30.6 Å². The van der Waals surface area contributed by atoms with Crippen LogP contribution in [0.15, 0.2) is 48.8 Å². The molecule has 1 aromatic carbocycles. The van der Waals surface area contributed by atoms with Gasteiger partial charge in [0.1, 0.15) is 12.1 Å². The highest BCUT2D eigenvalue weighted by atomic mass is 32.1. The van der Waals surface area contributed by atoms with Crippen LogP contribution in [0.1, 0.15) is 65.7 Å². The van der Waals surface area contributed by atoms with Crippen LogP contribution in [0.4, 0.5) is 8.78 Å². The molecule has 7 rings (SSSR count). The van der Waals surface area contributed by atoms with Crippen LogP contribution in [0.25, 0.3) is 10.1 Å². The SMILES string of the molecule is C[C@]12C[C@H]3CC[C@@H](C(=O)N4CC(c5cccnc5)C4)N3C(=O)[C@@H](NC(=O)c3cc4cc(C(F)(F)P(=O)(O)O)ccc4s3)C[C@H]1C2. The van der Waals surface area contributed by atoms with Gasteiger partial charge in [-0.25, -0.2) is 0 Å². The van der Waals surface area contributed by atoms with Gasteiger partial charge in [-0.1, -0.05) is 19.1 Å². The van der Waals surface area contributed by atoms with E-state index in [2.05, 4.69) is 17.2 Å². The molecule has 3 saturated heterocycles. The minimum atomic E-state index is -5.75. The molecule has 238 valence electrons. The second-order valence-corrected chi connectivity index (χ2v) is 15.9. The second-order valence-electron chi connectivity index (χ2n) is 13.2. The number of pyridine rings is 1. The van der Waals surface area contributed by atoms with Crippen molar-refractivity contribution >= 4 is 46.7 Å². The average Bonchev–Trinajstić information content (AvgIpc) is 3.27. The first-order valence-electron chi connectivity index (χ1n) is 15.0. The minimum absolute atomic E-state index is 0.0325. The number of likely N-dealkylation sites (tertiary alicyclic amines) is 1. The molecule has 0 unspecified atom stereocenters. The molecule has 3 aliphatic heterocycles. The average molecular weight is 659 g/mol. The van der Waals surface area contributed by atoms with Gasteiger partial charge in [-0.15, -0.1) is 11.3 Å². The third-order valence-corrected chi connectivity index (χ3v) is 12.3. The van der Waals surface area contributed by atoms with E-state index in [1.165, 1.54) is 12.1 Å². The first-order chi connectivity index (χ1) is 21.2. The fourth-order valence-electron chi connectivity index (χ4n) is 7.44. The van der Waals surface area contributed by atoms with Crippen LogP contribution in [0, 0.1) is 11.3 Å². The number of carbonyl (C=O) groups is 3. The maximum Gasteiger partial charge on any atom is 0.399 e. The fraction of sp³-hybridized carbons (Fsp3) is 0.484. The summed E-state index contributed by atoms with van der Waals surface area (Å²) in [5.41, 5.74) is -4.10. The number of alkyl halides is 2. The van der Waals surface area contributed by atoms with Crippen LogP contribution in [0.5, 0.6) is 0 Å². The van der Waals surface area contributed by atoms with E-state index >= 15 is 0 Å². The van der Waals surface area contributed by atoms with Crippen LogP contribution < -0.4 is 5.32 Å². The van der Waals surface area contributed by atoms with Crippen molar-refractivity contribution in [1.82, 2.24) is 20.1 Å². The zero-order valence-electron chi connectivity index (χ0n) is 24.4. The highest BCUT2D eigenvalue weighted by Gasteiger charge is 2.58. The van der Waals surface area contributed by atoms with E-state index in [4.69, 9.17) is 9.79 Å². The number of hydrogen-bond acceptors (Lipinski definition) is 6. The number of halogens is 2. The molecule has 1 saturated carbocycles. The Morgan fingerprint density at radius 1 is 1.16 bits per heavy atom. The van der Waals surface area contributed by atoms with E-state index in [9.17, 15) is 27.7 Å². The van der Waals surface area contributed by atoms with Crippen LogP contribution in [0.3, 0.4) is 0 Å². The first kappa shape index (κ1) is 30.4. The van der Waals surface area contributed by atoms with Gasteiger partial charge >= 0.3 is 13.3 Å². The number of rotatable bonds is 6. The smallest absolute Gasteiger partial charge is 0.340 e. The lowest BCUT2D eigenvalue weighted by Gasteiger charge is -2.43. The van der Waals surface area contributed by atoms with Crippen molar-refractivity contribution in [3.8, 4) is 0 Å². The van der Waals surface area contributed by atoms with Gasteiger partial charge in [-0.2, -0.15) is 8.78 Å². The van der Waals surface area contributed by atoms with Crippen LogP contribution in [-0.2, 0) is 19.8 Å². The lowest BCUT2D eigenvalue weighted by atomic mass is 9.90. The summed E-state index contributed by atoms with van der Waals surface area (Å²) in [5.74, 6) is -0.407. The molecule has 45 heavy (non-hydrogen) atoms. The largest absolute Gasteiger partial charge is 0.399 e. The monoisotopic (exact) mass is 658 g/mol. The highest BCUT2D eigenvalue weighted by molar-refractivity contribution is 7.52. The second kappa shape index (κ2) is 10.7. The molecule has 14 heteroatoms. The predicted octanol–water partition coefficient (Wildman–Crippen LogP) is 4.43. The Morgan fingerprint density at radius 2 is 1.93 bits per heavy atom. The molecule has 5 atom stereocenters. The summed E-state index contributed by atoms with van der Waals surface area (Å²) in [7, 11) is -5.75. The molecular weight excluding hydrogens is 625 g/mol. The molecule has 0 radical (unpaired) electrons. The standard InChI is InChI=1S/C31H33F2N4O6PS/c1-30-12-21(30)11-23(35-27(38)26-10-18-9-20(4-7-25(18)45-26)31(32,33)44(41,42)43)28(39)37-22(13-30)5-6-24(37)29(40)36-15-19(16-36)17-3-2-8-34-14-17/h2-4,7-10,14,19,21-24H,5-6,11-13,15-16H2,1H3,(H,35,38)(H2,41,42,43)/t21-,22+,23-,24-,30-/m0/s1. The summed E-state index contributed by atoms with van der Waals surface area (Å²) in [6.07, 6.45) is 7.03. The fourth-order valence-corrected chi connectivity index (χ4v) is 8.86. The molecule has 5 heterocycles. The number of nitrogens with one attached hydrogen (secondary N) is 1. The molecule has 3 N–H and O–H groups in total. The van der Waals surface area contributed by atoms with Gasteiger partial charge in [0.2, 0.25) is 11.8 Å². The molecule has 1 aliphatic carbocycles. The Hall–Kier alpha value is -3.25. The van der Waals surface area contributed by atoms with Crippen molar-refractivity contribution in [2.24, 2.45) is 11.3 Å². The van der Waals surface area contributed by atoms with Crippen LogP contribution in [-0.4, -0.2) is 73.5 Å². The number of amides is 3. The summed E-state index contributed by atoms with van der Waals surface area (Å²) in [6.45, 7) is 3.34. The molecule has 4 aliphatic rings. The minimum Gasteiger partial charge on any atom is -0.340 e. The van der Waals surface area contributed by atoms with Crippen molar-refractivity contribution in [2.75, 3.05) is 13.1 Å². The number of benzene rings is 1. The maximum atomic E-state index is 14.3. The van der Waals surface area contributed by atoms with Gasteiger partial charge in [-0.05, 0) is 78.7 Å². The van der Waals surface area contributed by atoms with Crippen molar-refractivity contribution in [1.29, 1.82) is 0 Å². The molecule has 3 aromatic rings. The van der Waals surface area contributed by atoms with Crippen molar-refractivity contribution in [3.05, 3.63) is 64.8 Å². The Kier molecular flexibility index (Phi) is 7.20. The molecule has 3 amide bonds. The Bertz CT molecular complexity index is 1740. The number of aromatic nitrogens is 1. The molecule has 10 nitrogen and oxygen atoms in total. The third-order valence-electron chi connectivity index (χ3n) is 10.2. The van der Waals surface area contributed by atoms with Gasteiger partial charge in [-0.3, -0.25) is 23.9 Å². The zero-order chi connectivity index (χ0) is 31.9. The molecule has 4 fully saturated rings. The van der Waals surface area contributed by atoms with E-state index in [-0.39, 0.29) is 45.4 Å². The first-order valence-corrected chi connectivity index (χ1v) is 17.5. The van der Waals surface area contributed by atoms with Crippen molar-refractivity contribution in [3.63, 3.8) is 0 Å². The summed E-state index contributed by atoms with van der Waals surface area (Å²) >= 11 is 1.04. The number of nitrogens with zero attached hydrogens (tertiary/aromatic N) is 3. The van der Waals surface area contributed by atoms with E-state index in [1.807, 2.05) is 18.3 Å². The summed E-state index contributed by atoms with van der Waals surface area (Å²) in [5, 5.41) is 3.13. The van der Waals surface area contributed by atoms with Crippen LogP contribution >= 0.6 is 18.9 Å². The van der Waals surface area contributed by atoms with Crippen molar-refractivity contribution in [2.45, 2.75) is 68.7 Å². The summed E-state index contributed by atoms with van der Waals surface area (Å²) in [4.78, 5) is 67.5. The van der Waals surface area contributed by atoms with Gasteiger partial charge in [0.05, 0.1) is 4.88 Å². The number of carbonyl (C=O) groups excluding carboxylic acids is 3. The lowest BCUT2D eigenvalue weighted by Crippen LogP contribution is -2.60. The Morgan fingerprint density at radius 3 is 2.64 bits per heavy atom. The molecule has 2 aromatic heterocycles. The van der Waals surface area contributed by atoms with Gasteiger partial charge in [0.15, 0.2) is 0 Å². The third kappa shape index (κ3) is 5.27. The normalized spacial score (nSPS) is 28.6. The van der Waals surface area contributed by atoms with E-state index < -0.39 is 36.8 Å². The predicted molar refractivity (Wildman–Crippen MR) is 162 cm³/mol. The number of hydrogen-bond donors (Lipinski definition) is 3. The molecule has 0 spiro atoms. The topological polar surface area (TPSA) is 140 Å². The van der Waals surface area contributed by atoms with Gasteiger partial charge < -0.3 is 24.9 Å². The molecular formula is C31H33F2N4O6PS. The summed E-state index contributed by atoms with van der Waals surface area (Å²) in [6, 6.07) is 6.94. The summed E-state index contributed by atoms with van der Waals surface area (Å²) < 4.78 is 40.5. The Labute approximate surface area is 262 Å². The zero-order valence-corrected chi connectivity index (χ0v) is 26.1. The molecule has 0 bridgehead atoms. The van der Waals surface area contributed by atoms with E-state index in [0.717, 1.165) is 48.3 Å². The van der Waals surface area contributed by atoms with Crippen molar-refractivity contribution < 1.29 is 37.5 Å². The maximum absolute atomic E-state index is 14.3. The quantitative estimate of drug-likeness (QED) is 0.333.